The quantitative estimate of drug-likeness (QED) is 0.292. The standard InChI is InChI=1S/C27H27N3O7/c31-22-20(15-28-27(36)30-24(33)17-10-5-2-6-11-17)37-26(35)21(23(22)32)29-25(34)19-13-7-12-18(14-19)16-8-3-1-4-9-16/h1-14,20-23,26,31-32,35H,15H2,(H,29,34)(H2,28,30,33,36)/t20-,21-,22-,23-,26?/m1/s1. The van der Waals surface area contributed by atoms with Crippen LogP contribution < -0.4 is 16.0 Å². The van der Waals surface area contributed by atoms with Gasteiger partial charge < -0.3 is 30.7 Å². The summed E-state index contributed by atoms with van der Waals surface area (Å²) in [5.74, 6) is -1.20. The SMILES string of the molecule is O=C(NC[C@H]1OC(O)[C@H](NC(=O)c2cccc(-c3ccccc3)c2)[C@@H](O)[C@@H]1O)NC(=O)c1ccccc1. The third-order valence-corrected chi connectivity index (χ3v) is 5.98. The lowest BCUT2D eigenvalue weighted by molar-refractivity contribution is -0.243. The molecule has 1 fully saturated rings. The molecule has 10 heteroatoms. The van der Waals surface area contributed by atoms with Crippen LogP contribution in [0.2, 0.25) is 0 Å². The Labute approximate surface area is 212 Å². The first-order valence-corrected chi connectivity index (χ1v) is 11.6. The molecule has 0 radical (unpaired) electrons. The van der Waals surface area contributed by atoms with Crippen molar-refractivity contribution in [3.63, 3.8) is 0 Å². The van der Waals surface area contributed by atoms with Crippen molar-refractivity contribution in [2.24, 2.45) is 0 Å². The van der Waals surface area contributed by atoms with Crippen molar-refractivity contribution in [1.82, 2.24) is 16.0 Å². The summed E-state index contributed by atoms with van der Waals surface area (Å²) in [6, 6.07) is 22.2. The molecule has 0 spiro atoms. The minimum Gasteiger partial charge on any atom is -0.388 e. The number of rotatable bonds is 6. The lowest BCUT2D eigenvalue weighted by Crippen LogP contribution is -2.65. The van der Waals surface area contributed by atoms with Crippen LogP contribution in [-0.4, -0.2) is 70.4 Å². The third-order valence-electron chi connectivity index (χ3n) is 5.98. The number of carbonyl (C=O) groups is 3. The topological polar surface area (TPSA) is 157 Å². The Morgan fingerprint density at radius 2 is 1.35 bits per heavy atom. The molecule has 3 aromatic rings. The minimum absolute atomic E-state index is 0.283. The predicted molar refractivity (Wildman–Crippen MR) is 133 cm³/mol. The molecule has 4 amide bonds. The Morgan fingerprint density at radius 1 is 0.730 bits per heavy atom. The molecule has 0 aliphatic carbocycles. The number of carbonyl (C=O) groups excluding carboxylic acids is 3. The number of ether oxygens (including phenoxy) is 1. The van der Waals surface area contributed by atoms with Gasteiger partial charge in [-0.25, -0.2) is 4.79 Å². The van der Waals surface area contributed by atoms with E-state index in [2.05, 4.69) is 16.0 Å². The summed E-state index contributed by atoms with van der Waals surface area (Å²) in [6.45, 7) is -0.316. The molecule has 192 valence electrons. The molecule has 4 rings (SSSR count). The highest BCUT2D eigenvalue weighted by atomic mass is 16.6. The number of hydrogen-bond donors (Lipinski definition) is 6. The van der Waals surface area contributed by atoms with Crippen LogP contribution in [0, 0.1) is 0 Å². The lowest BCUT2D eigenvalue weighted by Gasteiger charge is -2.41. The highest BCUT2D eigenvalue weighted by molar-refractivity contribution is 6.04. The fraction of sp³-hybridized carbons (Fsp3) is 0.222. The molecule has 0 aromatic heterocycles. The zero-order valence-electron chi connectivity index (χ0n) is 19.7. The smallest absolute Gasteiger partial charge is 0.321 e. The van der Waals surface area contributed by atoms with Gasteiger partial charge in [0.25, 0.3) is 11.8 Å². The molecule has 1 heterocycles. The second-order valence-electron chi connectivity index (χ2n) is 8.52. The number of nitrogens with one attached hydrogen (secondary N) is 3. The summed E-state index contributed by atoms with van der Waals surface area (Å²) >= 11 is 0. The average molecular weight is 506 g/mol. The zero-order chi connectivity index (χ0) is 26.4. The Morgan fingerprint density at radius 3 is 2.05 bits per heavy atom. The van der Waals surface area contributed by atoms with Crippen molar-refractivity contribution in [3.05, 3.63) is 96.1 Å². The Balaban J connectivity index is 1.33. The van der Waals surface area contributed by atoms with Crippen molar-refractivity contribution in [2.45, 2.75) is 30.6 Å². The molecule has 1 aliphatic heterocycles. The van der Waals surface area contributed by atoms with Crippen LogP contribution in [0.3, 0.4) is 0 Å². The maximum Gasteiger partial charge on any atom is 0.321 e. The van der Waals surface area contributed by atoms with Gasteiger partial charge >= 0.3 is 6.03 Å². The molecule has 0 bridgehead atoms. The molecule has 37 heavy (non-hydrogen) atoms. The van der Waals surface area contributed by atoms with E-state index in [0.29, 0.717) is 5.56 Å². The molecule has 1 aliphatic rings. The number of imide groups is 1. The van der Waals surface area contributed by atoms with Gasteiger partial charge in [-0.1, -0.05) is 60.7 Å². The van der Waals surface area contributed by atoms with Gasteiger partial charge in [-0.3, -0.25) is 14.9 Å². The molecule has 0 saturated carbocycles. The molecule has 5 atom stereocenters. The van der Waals surface area contributed by atoms with Crippen LogP contribution in [0.4, 0.5) is 4.79 Å². The summed E-state index contributed by atoms with van der Waals surface area (Å²) in [7, 11) is 0. The second-order valence-corrected chi connectivity index (χ2v) is 8.52. The van der Waals surface area contributed by atoms with Gasteiger partial charge in [-0.05, 0) is 35.4 Å². The van der Waals surface area contributed by atoms with Crippen LogP contribution >= 0.6 is 0 Å². The van der Waals surface area contributed by atoms with E-state index in [9.17, 15) is 29.7 Å². The highest BCUT2D eigenvalue weighted by Gasteiger charge is 2.44. The third kappa shape index (κ3) is 6.38. The predicted octanol–water partition coefficient (Wildman–Crippen LogP) is 1.03. The van der Waals surface area contributed by atoms with E-state index < -0.39 is 48.5 Å². The maximum atomic E-state index is 12.8. The second kappa shape index (κ2) is 11.8. The first-order valence-electron chi connectivity index (χ1n) is 11.6. The average Bonchev–Trinajstić information content (AvgIpc) is 2.93. The van der Waals surface area contributed by atoms with Crippen molar-refractivity contribution in [1.29, 1.82) is 0 Å². The highest BCUT2D eigenvalue weighted by Crippen LogP contribution is 2.22. The van der Waals surface area contributed by atoms with Crippen LogP contribution in [0.25, 0.3) is 11.1 Å². The number of aliphatic hydroxyl groups is 3. The number of urea groups is 1. The van der Waals surface area contributed by atoms with Crippen molar-refractivity contribution in [2.75, 3.05) is 6.54 Å². The van der Waals surface area contributed by atoms with Gasteiger partial charge in [0.2, 0.25) is 0 Å². The van der Waals surface area contributed by atoms with E-state index in [0.717, 1.165) is 11.1 Å². The molecule has 10 nitrogen and oxygen atoms in total. The van der Waals surface area contributed by atoms with Gasteiger partial charge in [0.15, 0.2) is 6.29 Å². The van der Waals surface area contributed by atoms with Crippen molar-refractivity contribution < 1.29 is 34.4 Å². The summed E-state index contributed by atoms with van der Waals surface area (Å²) < 4.78 is 5.35. The first-order chi connectivity index (χ1) is 17.8. The van der Waals surface area contributed by atoms with Gasteiger partial charge in [-0.2, -0.15) is 0 Å². The zero-order valence-corrected chi connectivity index (χ0v) is 19.7. The Hall–Kier alpha value is -4.09. The van der Waals surface area contributed by atoms with Gasteiger partial charge in [0, 0.05) is 17.7 Å². The van der Waals surface area contributed by atoms with Crippen LogP contribution in [0.1, 0.15) is 20.7 Å². The van der Waals surface area contributed by atoms with E-state index >= 15 is 0 Å². The Bertz CT molecular complexity index is 1240. The fourth-order valence-corrected chi connectivity index (χ4v) is 3.98. The first kappa shape index (κ1) is 26.0. The number of aliphatic hydroxyl groups excluding tert-OH is 3. The lowest BCUT2D eigenvalue weighted by atomic mass is 9.96. The molecular formula is C27H27N3O7. The molecule has 3 aromatic carbocycles. The summed E-state index contributed by atoms with van der Waals surface area (Å²) in [6.07, 6.45) is -6.00. The van der Waals surface area contributed by atoms with Gasteiger partial charge in [0.05, 0.1) is 0 Å². The molecule has 1 unspecified atom stereocenters. The normalized spacial score (nSPS) is 23.1. The van der Waals surface area contributed by atoms with E-state index in [1.165, 1.54) is 12.1 Å². The van der Waals surface area contributed by atoms with Crippen LogP contribution in [0.15, 0.2) is 84.9 Å². The van der Waals surface area contributed by atoms with Gasteiger partial charge in [-0.15, -0.1) is 0 Å². The van der Waals surface area contributed by atoms with E-state index in [1.54, 1.807) is 36.4 Å². The fourth-order valence-electron chi connectivity index (χ4n) is 3.98. The monoisotopic (exact) mass is 505 g/mol. The number of benzene rings is 3. The number of amides is 4. The summed E-state index contributed by atoms with van der Waals surface area (Å²) in [5, 5.41) is 38.5. The van der Waals surface area contributed by atoms with Gasteiger partial charge in [0.1, 0.15) is 24.4 Å². The van der Waals surface area contributed by atoms with Crippen LogP contribution in [-0.2, 0) is 4.74 Å². The van der Waals surface area contributed by atoms with Crippen molar-refractivity contribution >= 4 is 17.8 Å². The summed E-state index contributed by atoms with van der Waals surface area (Å²) in [4.78, 5) is 37.0. The Kier molecular flexibility index (Phi) is 8.26. The number of hydrogen-bond acceptors (Lipinski definition) is 7. The van der Waals surface area contributed by atoms with E-state index in [-0.39, 0.29) is 12.1 Å². The van der Waals surface area contributed by atoms with E-state index in [1.807, 2.05) is 36.4 Å². The molecule has 6 N–H and O–H groups in total. The van der Waals surface area contributed by atoms with Crippen LogP contribution in [0.5, 0.6) is 0 Å². The molecule has 1 saturated heterocycles. The maximum absolute atomic E-state index is 12.8. The summed E-state index contributed by atoms with van der Waals surface area (Å²) in [5.41, 5.74) is 2.30. The minimum atomic E-state index is -1.67. The van der Waals surface area contributed by atoms with Crippen molar-refractivity contribution in [3.8, 4) is 11.1 Å². The molecular weight excluding hydrogens is 478 g/mol. The van der Waals surface area contributed by atoms with E-state index in [4.69, 9.17) is 4.74 Å². The largest absolute Gasteiger partial charge is 0.388 e.